The molecule has 0 amide bonds. The second-order valence-corrected chi connectivity index (χ2v) is 3.43. The van der Waals surface area contributed by atoms with E-state index in [1.165, 1.54) is 0 Å². The molecule has 0 aromatic rings. The number of nitrogens with two attached hydrogens (primary N) is 1. The molecule has 0 saturated carbocycles. The summed E-state index contributed by atoms with van der Waals surface area (Å²) in [4.78, 5) is 2.21. The van der Waals surface area contributed by atoms with Gasteiger partial charge in [0.25, 0.3) is 0 Å². The summed E-state index contributed by atoms with van der Waals surface area (Å²) in [6.45, 7) is 10.4. The highest BCUT2D eigenvalue weighted by molar-refractivity contribution is 4.97. The first-order chi connectivity index (χ1) is 5.63. The third kappa shape index (κ3) is 2.22. The molecular formula is C9H18N2O. The lowest BCUT2D eigenvalue weighted by Gasteiger charge is -2.37. The van der Waals surface area contributed by atoms with Crippen molar-refractivity contribution in [3.8, 4) is 0 Å². The zero-order valence-corrected chi connectivity index (χ0v) is 7.92. The van der Waals surface area contributed by atoms with Gasteiger partial charge in [0.15, 0.2) is 0 Å². The molecule has 12 heavy (non-hydrogen) atoms. The number of hydrogen-bond acceptors (Lipinski definition) is 3. The number of ether oxygens (including phenoxy) is 1. The predicted octanol–water partition coefficient (Wildman–Crippen LogP) is 0.568. The van der Waals surface area contributed by atoms with Gasteiger partial charge in [-0.25, -0.2) is 0 Å². The Balaban J connectivity index is 2.49. The Hall–Kier alpha value is -0.540. The molecule has 1 aliphatic rings. The van der Waals surface area contributed by atoms with Gasteiger partial charge in [0.1, 0.15) is 0 Å². The Labute approximate surface area is 74.2 Å². The van der Waals surface area contributed by atoms with Crippen LogP contribution < -0.4 is 5.73 Å². The van der Waals surface area contributed by atoms with Crippen LogP contribution in [0.25, 0.3) is 0 Å². The minimum absolute atomic E-state index is 0.289. The highest BCUT2D eigenvalue weighted by Crippen LogP contribution is 2.13. The van der Waals surface area contributed by atoms with Crippen molar-refractivity contribution in [3.05, 3.63) is 12.3 Å². The van der Waals surface area contributed by atoms with Crippen molar-refractivity contribution in [3.63, 3.8) is 0 Å². The molecule has 2 atom stereocenters. The highest BCUT2D eigenvalue weighted by Gasteiger charge is 2.21. The van der Waals surface area contributed by atoms with Crippen molar-refractivity contribution in [2.45, 2.75) is 26.1 Å². The lowest BCUT2D eigenvalue weighted by molar-refractivity contribution is -0.0579. The summed E-state index contributed by atoms with van der Waals surface area (Å²) in [5, 5.41) is 0. The van der Waals surface area contributed by atoms with Crippen LogP contribution >= 0.6 is 0 Å². The largest absolute Gasteiger partial charge is 0.372 e. The van der Waals surface area contributed by atoms with Gasteiger partial charge in [-0.2, -0.15) is 0 Å². The minimum Gasteiger partial charge on any atom is -0.372 e. The maximum atomic E-state index is 5.59. The zero-order valence-electron chi connectivity index (χ0n) is 7.92. The summed E-state index contributed by atoms with van der Waals surface area (Å²) in [5.41, 5.74) is 6.52. The fraction of sp³-hybridized carbons (Fsp3) is 0.778. The van der Waals surface area contributed by atoms with E-state index in [1.807, 2.05) is 0 Å². The van der Waals surface area contributed by atoms with E-state index in [2.05, 4.69) is 25.3 Å². The van der Waals surface area contributed by atoms with E-state index in [4.69, 9.17) is 10.5 Å². The van der Waals surface area contributed by atoms with Gasteiger partial charge in [0.05, 0.1) is 12.2 Å². The van der Waals surface area contributed by atoms with Crippen molar-refractivity contribution in [1.82, 2.24) is 4.90 Å². The van der Waals surface area contributed by atoms with Crippen LogP contribution in [0, 0.1) is 0 Å². The second kappa shape index (κ2) is 3.92. The topological polar surface area (TPSA) is 38.5 Å². The molecule has 2 unspecified atom stereocenters. The van der Waals surface area contributed by atoms with Crippen molar-refractivity contribution in [1.29, 1.82) is 0 Å². The van der Waals surface area contributed by atoms with Crippen LogP contribution in [0.1, 0.15) is 13.8 Å². The molecule has 0 radical (unpaired) electrons. The smallest absolute Gasteiger partial charge is 0.0726 e. The van der Waals surface area contributed by atoms with Gasteiger partial charge in [-0.3, -0.25) is 0 Å². The molecule has 1 aliphatic heterocycles. The summed E-state index contributed by atoms with van der Waals surface area (Å²) in [6, 6.07) is 0. The molecule has 1 rings (SSSR count). The molecule has 1 saturated heterocycles. The summed E-state index contributed by atoms with van der Waals surface area (Å²) >= 11 is 0. The molecule has 1 heterocycles. The van der Waals surface area contributed by atoms with Gasteiger partial charge >= 0.3 is 0 Å². The van der Waals surface area contributed by atoms with Crippen LogP contribution in [-0.2, 0) is 4.74 Å². The molecule has 70 valence electrons. The predicted molar refractivity (Wildman–Crippen MR) is 49.8 cm³/mol. The molecule has 0 spiro atoms. The van der Waals surface area contributed by atoms with Gasteiger partial charge in [-0.05, 0) is 13.8 Å². The van der Waals surface area contributed by atoms with E-state index in [0.29, 0.717) is 6.54 Å². The summed E-state index contributed by atoms with van der Waals surface area (Å²) < 4.78 is 5.59. The average molecular weight is 170 g/mol. The lowest BCUT2D eigenvalue weighted by atomic mass is 10.2. The molecule has 0 bridgehead atoms. The van der Waals surface area contributed by atoms with Crippen LogP contribution in [-0.4, -0.2) is 36.7 Å². The summed E-state index contributed by atoms with van der Waals surface area (Å²) in [6.07, 6.45) is 0.578. The Kier molecular flexibility index (Phi) is 3.12. The molecule has 2 N–H and O–H groups in total. The number of rotatable bonds is 2. The summed E-state index contributed by atoms with van der Waals surface area (Å²) in [5.74, 6) is 0. The minimum atomic E-state index is 0.289. The monoisotopic (exact) mass is 170 g/mol. The molecule has 3 nitrogen and oxygen atoms in total. The zero-order chi connectivity index (χ0) is 9.14. The lowest BCUT2D eigenvalue weighted by Crippen LogP contribution is -2.45. The maximum absolute atomic E-state index is 5.59. The second-order valence-electron chi connectivity index (χ2n) is 3.43. The van der Waals surface area contributed by atoms with E-state index < -0.39 is 0 Å². The molecule has 0 aromatic heterocycles. The maximum Gasteiger partial charge on any atom is 0.0726 e. The van der Waals surface area contributed by atoms with E-state index in [9.17, 15) is 0 Å². The van der Waals surface area contributed by atoms with E-state index in [-0.39, 0.29) is 12.2 Å². The Morgan fingerprint density at radius 1 is 1.50 bits per heavy atom. The number of nitrogens with zero attached hydrogens (tertiary/aromatic N) is 1. The molecule has 0 aromatic carbocycles. The Morgan fingerprint density at radius 2 is 2.00 bits per heavy atom. The van der Waals surface area contributed by atoms with Crippen molar-refractivity contribution >= 4 is 0 Å². The normalized spacial score (nSPS) is 30.4. The van der Waals surface area contributed by atoms with E-state index >= 15 is 0 Å². The van der Waals surface area contributed by atoms with Gasteiger partial charge < -0.3 is 15.4 Å². The van der Waals surface area contributed by atoms with Crippen LogP contribution in [0.4, 0.5) is 0 Å². The van der Waals surface area contributed by atoms with Gasteiger partial charge in [0.2, 0.25) is 0 Å². The SMILES string of the molecule is C=C(CN)N1CC(C)OC(C)C1. The van der Waals surface area contributed by atoms with Gasteiger partial charge in [-0.1, -0.05) is 6.58 Å². The first kappa shape index (κ1) is 9.55. The van der Waals surface area contributed by atoms with Crippen LogP contribution in [0.2, 0.25) is 0 Å². The van der Waals surface area contributed by atoms with E-state index in [0.717, 1.165) is 18.8 Å². The van der Waals surface area contributed by atoms with Gasteiger partial charge in [0, 0.05) is 25.3 Å². The molecular weight excluding hydrogens is 152 g/mol. The van der Waals surface area contributed by atoms with Crippen molar-refractivity contribution in [2.75, 3.05) is 19.6 Å². The fourth-order valence-electron chi connectivity index (χ4n) is 1.57. The summed E-state index contributed by atoms with van der Waals surface area (Å²) in [7, 11) is 0. The molecule has 1 fully saturated rings. The first-order valence-corrected chi connectivity index (χ1v) is 4.41. The Morgan fingerprint density at radius 3 is 2.42 bits per heavy atom. The van der Waals surface area contributed by atoms with Crippen molar-refractivity contribution < 1.29 is 4.74 Å². The third-order valence-electron chi connectivity index (χ3n) is 2.10. The van der Waals surface area contributed by atoms with Crippen molar-refractivity contribution in [2.24, 2.45) is 5.73 Å². The number of hydrogen-bond donors (Lipinski definition) is 1. The average Bonchev–Trinajstić information content (AvgIpc) is 2.01. The van der Waals surface area contributed by atoms with Crippen LogP contribution in [0.3, 0.4) is 0 Å². The Bertz CT molecular complexity index is 160. The number of morpholine rings is 1. The highest BCUT2D eigenvalue weighted by atomic mass is 16.5. The third-order valence-corrected chi connectivity index (χ3v) is 2.10. The molecule has 0 aliphatic carbocycles. The quantitative estimate of drug-likeness (QED) is 0.658. The first-order valence-electron chi connectivity index (χ1n) is 4.41. The van der Waals surface area contributed by atoms with E-state index in [1.54, 1.807) is 0 Å². The fourth-order valence-corrected chi connectivity index (χ4v) is 1.57. The standard InChI is InChI=1S/C9H18N2O/c1-7(4-10)11-5-8(2)12-9(3)6-11/h8-9H,1,4-6,10H2,2-3H3. The van der Waals surface area contributed by atoms with Crippen LogP contribution in [0.15, 0.2) is 12.3 Å². The molecule has 3 heteroatoms. The van der Waals surface area contributed by atoms with Gasteiger partial charge in [-0.15, -0.1) is 0 Å². The van der Waals surface area contributed by atoms with Crippen LogP contribution in [0.5, 0.6) is 0 Å².